The van der Waals surface area contributed by atoms with Crippen molar-refractivity contribution >= 4 is 11.9 Å². The van der Waals surface area contributed by atoms with E-state index in [9.17, 15) is 0 Å². The molecule has 3 heterocycles. The van der Waals surface area contributed by atoms with Crippen LogP contribution in [0.3, 0.4) is 0 Å². The van der Waals surface area contributed by atoms with Crippen molar-refractivity contribution in [3.8, 4) is 5.95 Å². The van der Waals surface area contributed by atoms with Crippen LogP contribution in [0.5, 0.6) is 0 Å². The van der Waals surface area contributed by atoms with Gasteiger partial charge in [-0.25, -0.2) is 4.98 Å². The molecule has 0 spiro atoms. The maximum Gasteiger partial charge on any atom is 0.258 e. The van der Waals surface area contributed by atoms with Crippen LogP contribution in [0.25, 0.3) is 5.95 Å². The summed E-state index contributed by atoms with van der Waals surface area (Å²) in [6.45, 7) is 0.567. The lowest BCUT2D eigenvalue weighted by Gasteiger charge is -2.08. The van der Waals surface area contributed by atoms with Crippen LogP contribution in [0.4, 0.5) is 11.9 Å². The molecular formula is C12H13N9. The molecule has 0 aromatic carbocycles. The monoisotopic (exact) mass is 283 g/mol. The van der Waals surface area contributed by atoms with Gasteiger partial charge in [-0.15, -0.1) is 0 Å². The average molecular weight is 283 g/mol. The Balaban J connectivity index is 1.83. The van der Waals surface area contributed by atoms with E-state index in [-0.39, 0.29) is 0 Å². The summed E-state index contributed by atoms with van der Waals surface area (Å²) >= 11 is 0. The van der Waals surface area contributed by atoms with Crippen LogP contribution in [0.1, 0.15) is 5.56 Å². The van der Waals surface area contributed by atoms with E-state index < -0.39 is 0 Å². The topological polar surface area (TPSA) is 106 Å². The maximum atomic E-state index is 4.31. The largest absolute Gasteiger partial charge is 0.357 e. The summed E-state index contributed by atoms with van der Waals surface area (Å²) in [4.78, 5) is 20.7. The summed E-state index contributed by atoms with van der Waals surface area (Å²) < 4.78 is 1.47. The molecule has 9 heteroatoms. The van der Waals surface area contributed by atoms with Crippen molar-refractivity contribution in [3.63, 3.8) is 0 Å². The first-order valence-corrected chi connectivity index (χ1v) is 6.27. The number of rotatable bonds is 5. The van der Waals surface area contributed by atoms with Gasteiger partial charge in [0.2, 0.25) is 11.9 Å². The van der Waals surface area contributed by atoms with E-state index in [4.69, 9.17) is 0 Å². The third-order valence-corrected chi connectivity index (χ3v) is 2.64. The molecule has 9 nitrogen and oxygen atoms in total. The first-order valence-electron chi connectivity index (χ1n) is 6.27. The van der Waals surface area contributed by atoms with Gasteiger partial charge in [0.1, 0.15) is 12.7 Å². The molecule has 0 aliphatic rings. The molecule has 0 bridgehead atoms. The fourth-order valence-electron chi connectivity index (χ4n) is 1.65. The number of hydrogen-bond acceptors (Lipinski definition) is 8. The first kappa shape index (κ1) is 12.9. The minimum atomic E-state index is 0.389. The fraction of sp³-hybridized carbons (Fsp3) is 0.167. The molecule has 0 aliphatic carbocycles. The van der Waals surface area contributed by atoms with Crippen molar-refractivity contribution < 1.29 is 0 Å². The van der Waals surface area contributed by atoms with E-state index in [0.717, 1.165) is 5.56 Å². The predicted octanol–water partition coefficient (Wildman–Crippen LogP) is 0.501. The quantitative estimate of drug-likeness (QED) is 0.697. The second-order valence-corrected chi connectivity index (χ2v) is 4.09. The van der Waals surface area contributed by atoms with Gasteiger partial charge in [0, 0.05) is 26.0 Å². The molecule has 0 amide bonds. The van der Waals surface area contributed by atoms with Crippen LogP contribution in [-0.2, 0) is 6.54 Å². The zero-order valence-electron chi connectivity index (χ0n) is 11.3. The summed E-state index contributed by atoms with van der Waals surface area (Å²) in [6, 6.07) is 3.85. The van der Waals surface area contributed by atoms with Gasteiger partial charge < -0.3 is 10.6 Å². The van der Waals surface area contributed by atoms with E-state index in [2.05, 4.69) is 40.7 Å². The van der Waals surface area contributed by atoms with Crippen molar-refractivity contribution in [1.29, 1.82) is 0 Å². The molecule has 2 N–H and O–H groups in total. The number of nitrogens with one attached hydrogen (secondary N) is 2. The molecule has 3 rings (SSSR count). The zero-order chi connectivity index (χ0) is 14.5. The summed E-state index contributed by atoms with van der Waals surface area (Å²) in [7, 11) is 1.74. The van der Waals surface area contributed by atoms with E-state index in [1.54, 1.807) is 19.4 Å². The molecule has 0 fully saturated rings. The molecule has 3 aromatic heterocycles. The van der Waals surface area contributed by atoms with E-state index in [0.29, 0.717) is 24.4 Å². The Morgan fingerprint density at radius 3 is 2.76 bits per heavy atom. The number of pyridine rings is 1. The van der Waals surface area contributed by atoms with Crippen LogP contribution < -0.4 is 10.6 Å². The molecule has 0 saturated carbocycles. The second-order valence-electron chi connectivity index (χ2n) is 4.09. The van der Waals surface area contributed by atoms with E-state index in [1.807, 2.05) is 12.1 Å². The standard InChI is InChI=1S/C12H13N9/c1-13-10-18-11(16-6-9-3-2-4-14-5-9)20-12(19-10)21-8-15-7-17-21/h2-5,7-8H,6H2,1H3,(H2,13,16,18,19,20). The highest BCUT2D eigenvalue weighted by molar-refractivity contribution is 5.37. The Labute approximate surface area is 120 Å². The highest BCUT2D eigenvalue weighted by Gasteiger charge is 2.07. The molecule has 3 aromatic rings. The van der Waals surface area contributed by atoms with Gasteiger partial charge in [0.05, 0.1) is 0 Å². The van der Waals surface area contributed by atoms with Gasteiger partial charge in [-0.1, -0.05) is 6.07 Å². The third-order valence-electron chi connectivity index (χ3n) is 2.64. The molecule has 0 radical (unpaired) electrons. The third kappa shape index (κ3) is 3.08. The Morgan fingerprint density at radius 1 is 1.14 bits per heavy atom. The predicted molar refractivity (Wildman–Crippen MR) is 75.9 cm³/mol. The normalized spacial score (nSPS) is 10.3. The Hall–Kier alpha value is -3.10. The van der Waals surface area contributed by atoms with Crippen LogP contribution in [0.15, 0.2) is 37.2 Å². The Bertz CT molecular complexity index is 696. The molecule has 0 saturated heterocycles. The Morgan fingerprint density at radius 2 is 2.05 bits per heavy atom. The SMILES string of the molecule is CNc1nc(NCc2cccnc2)nc(-n2cncn2)n1. The van der Waals surface area contributed by atoms with Crippen LogP contribution >= 0.6 is 0 Å². The van der Waals surface area contributed by atoms with Crippen molar-refractivity contribution in [3.05, 3.63) is 42.7 Å². The summed E-state index contributed by atoms with van der Waals surface area (Å²) in [6.07, 6.45) is 6.46. The number of anilines is 2. The smallest absolute Gasteiger partial charge is 0.258 e. The molecule has 106 valence electrons. The average Bonchev–Trinajstić information content (AvgIpc) is 3.08. The minimum absolute atomic E-state index is 0.389. The lowest BCUT2D eigenvalue weighted by Crippen LogP contribution is -2.11. The molecule has 21 heavy (non-hydrogen) atoms. The van der Waals surface area contributed by atoms with Crippen molar-refractivity contribution in [2.45, 2.75) is 6.54 Å². The van der Waals surface area contributed by atoms with Crippen LogP contribution in [0, 0.1) is 0 Å². The van der Waals surface area contributed by atoms with Gasteiger partial charge >= 0.3 is 0 Å². The van der Waals surface area contributed by atoms with Gasteiger partial charge in [0.25, 0.3) is 5.95 Å². The van der Waals surface area contributed by atoms with Gasteiger partial charge in [-0.2, -0.15) is 24.7 Å². The van der Waals surface area contributed by atoms with Gasteiger partial charge in [-0.3, -0.25) is 4.98 Å². The van der Waals surface area contributed by atoms with Crippen molar-refractivity contribution in [2.24, 2.45) is 0 Å². The van der Waals surface area contributed by atoms with Crippen molar-refractivity contribution in [1.82, 2.24) is 34.7 Å². The summed E-state index contributed by atoms with van der Waals surface area (Å²) in [5, 5.41) is 10.0. The highest BCUT2D eigenvalue weighted by Crippen LogP contribution is 2.09. The lowest BCUT2D eigenvalue weighted by molar-refractivity contribution is 0.795. The Kier molecular flexibility index (Phi) is 3.63. The van der Waals surface area contributed by atoms with Crippen molar-refractivity contribution in [2.75, 3.05) is 17.7 Å². The maximum absolute atomic E-state index is 4.31. The molecule has 0 atom stereocenters. The summed E-state index contributed by atoms with van der Waals surface area (Å²) in [5.74, 6) is 1.29. The van der Waals surface area contributed by atoms with Gasteiger partial charge in [-0.05, 0) is 11.6 Å². The number of nitrogens with zero attached hydrogens (tertiary/aromatic N) is 7. The molecule has 0 unspecified atom stereocenters. The lowest BCUT2D eigenvalue weighted by atomic mass is 10.3. The molecule has 0 aliphatic heterocycles. The number of hydrogen-bond donors (Lipinski definition) is 2. The second kappa shape index (κ2) is 5.90. The highest BCUT2D eigenvalue weighted by atomic mass is 15.4. The minimum Gasteiger partial charge on any atom is -0.357 e. The van der Waals surface area contributed by atoms with Gasteiger partial charge in [0.15, 0.2) is 0 Å². The van der Waals surface area contributed by atoms with E-state index >= 15 is 0 Å². The zero-order valence-corrected chi connectivity index (χ0v) is 11.3. The molecular weight excluding hydrogens is 270 g/mol. The van der Waals surface area contributed by atoms with E-state index in [1.165, 1.54) is 17.3 Å². The first-order chi connectivity index (χ1) is 10.3. The van der Waals surface area contributed by atoms with Crippen LogP contribution in [0.2, 0.25) is 0 Å². The number of aromatic nitrogens is 7. The van der Waals surface area contributed by atoms with Crippen LogP contribution in [-0.4, -0.2) is 41.7 Å². The fourth-order valence-corrected chi connectivity index (χ4v) is 1.65. The summed E-state index contributed by atoms with van der Waals surface area (Å²) in [5.41, 5.74) is 1.03.